The molecule has 3 heterocycles. The molecule has 158 valence electrons. The molecule has 0 radical (unpaired) electrons. The van der Waals surface area contributed by atoms with E-state index in [0.29, 0.717) is 34.4 Å². The summed E-state index contributed by atoms with van der Waals surface area (Å²) in [6, 6.07) is 3.54. The van der Waals surface area contributed by atoms with Crippen molar-refractivity contribution >= 4 is 28.2 Å². The monoisotopic (exact) mass is 420 g/mol. The SMILES string of the molecule is CCOCC1CCN(CC(=O)Nc2scc(-c3ccco3)c2C(=O)OCC)CC1. The highest BCUT2D eigenvalue weighted by atomic mass is 32.1. The summed E-state index contributed by atoms with van der Waals surface area (Å²) in [6.07, 6.45) is 3.61. The van der Waals surface area contributed by atoms with Crippen LogP contribution in [0.5, 0.6) is 0 Å². The molecule has 2 aromatic rings. The number of rotatable bonds is 9. The van der Waals surface area contributed by atoms with Crippen LogP contribution in [-0.4, -0.2) is 56.2 Å². The van der Waals surface area contributed by atoms with Crippen LogP contribution >= 0.6 is 11.3 Å². The molecule has 2 aromatic heterocycles. The Bertz CT molecular complexity index is 794. The number of piperidine rings is 1. The van der Waals surface area contributed by atoms with E-state index in [1.807, 2.05) is 6.92 Å². The molecule has 7 nitrogen and oxygen atoms in total. The number of ether oxygens (including phenoxy) is 2. The fraction of sp³-hybridized carbons (Fsp3) is 0.524. The Balaban J connectivity index is 1.62. The number of esters is 1. The fourth-order valence-corrected chi connectivity index (χ4v) is 4.39. The summed E-state index contributed by atoms with van der Waals surface area (Å²) in [5.74, 6) is 0.540. The van der Waals surface area contributed by atoms with Crippen molar-refractivity contribution in [2.45, 2.75) is 26.7 Å². The molecule has 0 saturated carbocycles. The minimum atomic E-state index is -0.466. The Morgan fingerprint density at radius 2 is 2.07 bits per heavy atom. The van der Waals surface area contributed by atoms with Gasteiger partial charge in [0, 0.05) is 24.2 Å². The van der Waals surface area contributed by atoms with Crippen molar-refractivity contribution in [2.24, 2.45) is 5.92 Å². The van der Waals surface area contributed by atoms with Crippen LogP contribution in [0.25, 0.3) is 11.3 Å². The van der Waals surface area contributed by atoms with Crippen molar-refractivity contribution in [3.63, 3.8) is 0 Å². The number of hydrogen-bond donors (Lipinski definition) is 1. The number of anilines is 1. The third-order valence-electron chi connectivity index (χ3n) is 4.94. The molecule has 0 spiro atoms. The van der Waals surface area contributed by atoms with Crippen LogP contribution in [0.15, 0.2) is 28.2 Å². The first-order chi connectivity index (χ1) is 14.1. The molecule has 0 aromatic carbocycles. The van der Waals surface area contributed by atoms with Gasteiger partial charge in [-0.3, -0.25) is 9.69 Å². The molecule has 29 heavy (non-hydrogen) atoms. The largest absolute Gasteiger partial charge is 0.464 e. The van der Waals surface area contributed by atoms with Gasteiger partial charge in [-0.25, -0.2) is 4.79 Å². The summed E-state index contributed by atoms with van der Waals surface area (Å²) < 4.78 is 16.1. The summed E-state index contributed by atoms with van der Waals surface area (Å²) in [5, 5.41) is 5.19. The Morgan fingerprint density at radius 1 is 1.28 bits per heavy atom. The van der Waals surface area contributed by atoms with Gasteiger partial charge in [-0.05, 0) is 57.8 Å². The van der Waals surface area contributed by atoms with Gasteiger partial charge in [0.25, 0.3) is 0 Å². The van der Waals surface area contributed by atoms with E-state index in [1.54, 1.807) is 30.7 Å². The summed E-state index contributed by atoms with van der Waals surface area (Å²) in [4.78, 5) is 27.3. The molecule has 1 fully saturated rings. The molecule has 3 rings (SSSR count). The van der Waals surface area contributed by atoms with Crippen molar-refractivity contribution in [2.75, 3.05) is 44.8 Å². The van der Waals surface area contributed by atoms with Gasteiger partial charge in [0.05, 0.1) is 19.4 Å². The number of carbonyl (C=O) groups excluding carboxylic acids is 2. The van der Waals surface area contributed by atoms with Crippen LogP contribution in [-0.2, 0) is 14.3 Å². The van der Waals surface area contributed by atoms with Crippen LogP contribution in [0.1, 0.15) is 37.0 Å². The first kappa shape index (κ1) is 21.5. The first-order valence-corrected chi connectivity index (χ1v) is 10.9. The Morgan fingerprint density at radius 3 is 2.72 bits per heavy atom. The second kappa shape index (κ2) is 10.6. The van der Waals surface area contributed by atoms with E-state index in [-0.39, 0.29) is 12.5 Å². The third-order valence-corrected chi connectivity index (χ3v) is 5.84. The van der Waals surface area contributed by atoms with Crippen molar-refractivity contribution in [3.8, 4) is 11.3 Å². The van der Waals surface area contributed by atoms with E-state index in [4.69, 9.17) is 13.9 Å². The predicted molar refractivity (Wildman–Crippen MR) is 112 cm³/mol. The molecular weight excluding hydrogens is 392 g/mol. The Labute approximate surface area is 175 Å². The topological polar surface area (TPSA) is 81.0 Å². The third kappa shape index (κ3) is 5.68. The van der Waals surface area contributed by atoms with Crippen molar-refractivity contribution in [3.05, 3.63) is 29.3 Å². The average Bonchev–Trinajstić information content (AvgIpc) is 3.37. The van der Waals surface area contributed by atoms with Gasteiger partial charge in [0.15, 0.2) is 0 Å². The Kier molecular flexibility index (Phi) is 7.85. The maximum absolute atomic E-state index is 12.6. The van der Waals surface area contributed by atoms with Crippen LogP contribution in [0.3, 0.4) is 0 Å². The lowest BCUT2D eigenvalue weighted by atomic mass is 9.98. The minimum Gasteiger partial charge on any atom is -0.464 e. The molecule has 0 aliphatic carbocycles. The van der Waals surface area contributed by atoms with Crippen molar-refractivity contribution in [1.29, 1.82) is 0 Å². The van der Waals surface area contributed by atoms with E-state index in [2.05, 4.69) is 10.2 Å². The van der Waals surface area contributed by atoms with Gasteiger partial charge in [-0.1, -0.05) is 0 Å². The normalized spacial score (nSPS) is 15.4. The molecule has 1 aliphatic rings. The number of amides is 1. The van der Waals surface area contributed by atoms with E-state index in [0.717, 1.165) is 39.1 Å². The number of furan rings is 1. The molecule has 1 saturated heterocycles. The van der Waals surface area contributed by atoms with Crippen LogP contribution in [0.2, 0.25) is 0 Å². The summed E-state index contributed by atoms with van der Waals surface area (Å²) in [5.41, 5.74) is 0.973. The first-order valence-electron chi connectivity index (χ1n) is 10.0. The van der Waals surface area contributed by atoms with Gasteiger partial charge < -0.3 is 19.2 Å². The molecular formula is C21H28N2O5S. The fourth-order valence-electron chi connectivity index (χ4n) is 3.43. The molecule has 1 amide bonds. The summed E-state index contributed by atoms with van der Waals surface area (Å²) in [6.45, 7) is 7.61. The molecule has 1 N–H and O–H groups in total. The van der Waals surface area contributed by atoms with Gasteiger partial charge >= 0.3 is 5.97 Å². The van der Waals surface area contributed by atoms with E-state index in [1.165, 1.54) is 11.3 Å². The number of hydrogen-bond acceptors (Lipinski definition) is 7. The maximum Gasteiger partial charge on any atom is 0.341 e. The summed E-state index contributed by atoms with van der Waals surface area (Å²) in [7, 11) is 0. The van der Waals surface area contributed by atoms with E-state index in [9.17, 15) is 9.59 Å². The Hall–Kier alpha value is -2.16. The zero-order valence-corrected chi connectivity index (χ0v) is 17.8. The van der Waals surface area contributed by atoms with Crippen LogP contribution < -0.4 is 5.32 Å². The molecule has 1 aliphatic heterocycles. The van der Waals surface area contributed by atoms with E-state index >= 15 is 0 Å². The number of nitrogens with one attached hydrogen (secondary N) is 1. The second-order valence-corrected chi connectivity index (χ2v) is 7.86. The lowest BCUT2D eigenvalue weighted by molar-refractivity contribution is -0.117. The van der Waals surface area contributed by atoms with Crippen molar-refractivity contribution < 1.29 is 23.5 Å². The lowest BCUT2D eigenvalue weighted by Crippen LogP contribution is -2.40. The average molecular weight is 421 g/mol. The number of thiophene rings is 1. The van der Waals surface area contributed by atoms with E-state index < -0.39 is 5.97 Å². The van der Waals surface area contributed by atoms with Gasteiger partial charge in [-0.15, -0.1) is 11.3 Å². The maximum atomic E-state index is 12.6. The molecule has 8 heteroatoms. The predicted octanol–water partition coefficient (Wildman–Crippen LogP) is 3.87. The number of nitrogens with zero attached hydrogens (tertiary/aromatic N) is 1. The zero-order valence-electron chi connectivity index (χ0n) is 16.9. The molecule has 0 unspecified atom stereocenters. The highest BCUT2D eigenvalue weighted by Crippen LogP contribution is 2.36. The standard InChI is InChI=1S/C21H28N2O5S/c1-3-26-13-15-7-9-23(10-8-15)12-18(24)22-20-19(21(25)27-4-2)16(14-29-20)17-6-5-11-28-17/h5-6,11,14-15H,3-4,7-10,12-13H2,1-2H3,(H,22,24). The zero-order chi connectivity index (χ0) is 20.6. The molecule has 0 atom stereocenters. The molecule has 0 bridgehead atoms. The number of likely N-dealkylation sites (tertiary alicyclic amines) is 1. The van der Waals surface area contributed by atoms with Crippen molar-refractivity contribution in [1.82, 2.24) is 4.90 Å². The second-order valence-electron chi connectivity index (χ2n) is 6.98. The lowest BCUT2D eigenvalue weighted by Gasteiger charge is -2.31. The van der Waals surface area contributed by atoms with Crippen LogP contribution in [0, 0.1) is 5.92 Å². The highest BCUT2D eigenvalue weighted by molar-refractivity contribution is 7.15. The highest BCUT2D eigenvalue weighted by Gasteiger charge is 2.25. The smallest absolute Gasteiger partial charge is 0.341 e. The van der Waals surface area contributed by atoms with Gasteiger partial charge in [-0.2, -0.15) is 0 Å². The van der Waals surface area contributed by atoms with Gasteiger partial charge in [0.2, 0.25) is 5.91 Å². The minimum absolute atomic E-state index is 0.133. The van der Waals surface area contributed by atoms with Gasteiger partial charge in [0.1, 0.15) is 16.3 Å². The van der Waals surface area contributed by atoms with Crippen LogP contribution in [0.4, 0.5) is 5.00 Å². The number of carbonyl (C=O) groups is 2. The quantitative estimate of drug-likeness (QED) is 0.620. The summed E-state index contributed by atoms with van der Waals surface area (Å²) >= 11 is 1.30.